The van der Waals surface area contributed by atoms with Crippen molar-refractivity contribution < 1.29 is 13.2 Å². The number of anilines is 1. The van der Waals surface area contributed by atoms with Crippen molar-refractivity contribution in [2.24, 2.45) is 0 Å². The van der Waals surface area contributed by atoms with Crippen molar-refractivity contribution in [2.75, 3.05) is 11.4 Å². The molecule has 2 aromatic rings. The number of nitrogens with zero attached hydrogens (tertiary/aromatic N) is 4. The molecule has 2 atom stereocenters. The summed E-state index contributed by atoms with van der Waals surface area (Å²) in [7, 11) is 0. The number of hydrogen-bond donors (Lipinski definition) is 0. The van der Waals surface area contributed by atoms with E-state index >= 15 is 0 Å². The van der Waals surface area contributed by atoms with Gasteiger partial charge in [-0.15, -0.1) is 0 Å². The Bertz CT molecular complexity index is 739. The van der Waals surface area contributed by atoms with Crippen molar-refractivity contribution in [2.45, 2.75) is 31.0 Å². The molecule has 0 spiro atoms. The molecular formula is C17H15F3N4. The lowest BCUT2D eigenvalue weighted by Gasteiger charge is -2.28. The molecule has 1 aliphatic rings. The van der Waals surface area contributed by atoms with Gasteiger partial charge in [-0.2, -0.15) is 18.4 Å². The van der Waals surface area contributed by atoms with Gasteiger partial charge >= 0.3 is 6.18 Å². The number of hydrogen-bond acceptors (Lipinski definition) is 4. The van der Waals surface area contributed by atoms with E-state index < -0.39 is 17.8 Å². The third-order valence-electron chi connectivity index (χ3n) is 4.17. The van der Waals surface area contributed by atoms with Crippen LogP contribution in [0.3, 0.4) is 0 Å². The summed E-state index contributed by atoms with van der Waals surface area (Å²) in [6.07, 6.45) is -1.90. The zero-order valence-corrected chi connectivity index (χ0v) is 12.7. The van der Waals surface area contributed by atoms with E-state index in [1.165, 1.54) is 0 Å². The normalized spacial score (nSPS) is 19.1. The molecule has 0 bridgehead atoms. The van der Waals surface area contributed by atoms with Crippen molar-refractivity contribution >= 4 is 5.95 Å². The van der Waals surface area contributed by atoms with Gasteiger partial charge in [-0.05, 0) is 24.5 Å². The van der Waals surface area contributed by atoms with E-state index in [9.17, 15) is 18.4 Å². The largest absolute Gasteiger partial charge is 0.433 e. The molecule has 0 amide bonds. The monoisotopic (exact) mass is 332 g/mol. The van der Waals surface area contributed by atoms with Crippen LogP contribution in [0.15, 0.2) is 42.6 Å². The summed E-state index contributed by atoms with van der Waals surface area (Å²) in [5, 5.41) is 9.59. The number of rotatable bonds is 3. The molecule has 24 heavy (non-hydrogen) atoms. The molecule has 1 aromatic heterocycles. The highest BCUT2D eigenvalue weighted by Crippen LogP contribution is 2.34. The molecule has 7 heteroatoms. The predicted octanol–water partition coefficient (Wildman–Crippen LogP) is 3.77. The highest BCUT2D eigenvalue weighted by Gasteiger charge is 2.37. The molecule has 0 N–H and O–H groups in total. The summed E-state index contributed by atoms with van der Waals surface area (Å²) in [6, 6.07) is 12.2. The predicted molar refractivity (Wildman–Crippen MR) is 82.2 cm³/mol. The lowest BCUT2D eigenvalue weighted by Crippen LogP contribution is -2.35. The van der Waals surface area contributed by atoms with Crippen LogP contribution in [0.25, 0.3) is 0 Å². The Balaban J connectivity index is 1.92. The summed E-state index contributed by atoms with van der Waals surface area (Å²) in [5.74, 6) is -0.407. The Labute approximate surface area is 137 Å². The average Bonchev–Trinajstić information content (AvgIpc) is 3.05. The maximum absolute atomic E-state index is 12.9. The van der Waals surface area contributed by atoms with E-state index in [1.54, 1.807) is 4.90 Å². The minimum atomic E-state index is -4.51. The quantitative estimate of drug-likeness (QED) is 0.858. The second kappa shape index (κ2) is 6.48. The zero-order chi connectivity index (χ0) is 17.2. The first-order valence-electron chi connectivity index (χ1n) is 7.62. The number of aromatic nitrogens is 2. The minimum absolute atomic E-state index is 0.0310. The van der Waals surface area contributed by atoms with Gasteiger partial charge in [-0.1, -0.05) is 30.3 Å². The van der Waals surface area contributed by atoms with Crippen LogP contribution in [0.4, 0.5) is 19.1 Å². The van der Waals surface area contributed by atoms with Gasteiger partial charge in [0.1, 0.15) is 5.69 Å². The van der Waals surface area contributed by atoms with Gasteiger partial charge in [0.05, 0.1) is 18.0 Å². The summed E-state index contributed by atoms with van der Waals surface area (Å²) < 4.78 is 38.6. The standard InChI is InChI=1S/C17H15F3N4/c18-17(19,20)15-8-9-22-16(23-15)24-10-4-7-14(24)13(11-21)12-5-2-1-3-6-12/h1-3,5-6,8-9,13-14H,4,7,10H2. The van der Waals surface area contributed by atoms with Crippen molar-refractivity contribution in [1.82, 2.24) is 9.97 Å². The average molecular weight is 332 g/mol. The Morgan fingerprint density at radius 2 is 1.96 bits per heavy atom. The van der Waals surface area contributed by atoms with Crippen LogP contribution in [-0.2, 0) is 6.18 Å². The molecule has 0 saturated carbocycles. The molecule has 1 fully saturated rings. The minimum Gasteiger partial charge on any atom is -0.336 e. The second-order valence-electron chi connectivity index (χ2n) is 5.66. The SMILES string of the molecule is N#CC(c1ccccc1)C1CCCN1c1nccc(C(F)(F)F)n1. The number of alkyl halides is 3. The van der Waals surface area contributed by atoms with Crippen molar-refractivity contribution in [3.05, 3.63) is 53.9 Å². The Hall–Kier alpha value is -2.62. The summed E-state index contributed by atoms with van der Waals surface area (Å²) in [5.41, 5.74) is -0.116. The van der Waals surface area contributed by atoms with Gasteiger partial charge in [0.15, 0.2) is 0 Å². The lowest BCUT2D eigenvalue weighted by atomic mass is 9.91. The maximum Gasteiger partial charge on any atom is 0.433 e. The first-order valence-corrected chi connectivity index (χ1v) is 7.62. The molecular weight excluding hydrogens is 317 g/mol. The number of halogens is 3. The molecule has 124 valence electrons. The summed E-state index contributed by atoms with van der Waals surface area (Å²) in [6.45, 7) is 0.539. The van der Waals surface area contributed by atoms with E-state index in [0.717, 1.165) is 24.2 Å². The van der Waals surface area contributed by atoms with Crippen LogP contribution in [0.1, 0.15) is 30.0 Å². The zero-order valence-electron chi connectivity index (χ0n) is 12.7. The van der Waals surface area contributed by atoms with Gasteiger partial charge in [0.2, 0.25) is 5.95 Å². The number of nitriles is 1. The first-order chi connectivity index (χ1) is 11.5. The lowest BCUT2D eigenvalue weighted by molar-refractivity contribution is -0.141. The van der Waals surface area contributed by atoms with Crippen molar-refractivity contribution in [3.63, 3.8) is 0 Å². The molecule has 2 heterocycles. The molecule has 4 nitrogen and oxygen atoms in total. The van der Waals surface area contributed by atoms with Gasteiger partial charge in [0.25, 0.3) is 0 Å². The van der Waals surface area contributed by atoms with Gasteiger partial charge in [0, 0.05) is 12.7 Å². The van der Waals surface area contributed by atoms with E-state index in [0.29, 0.717) is 13.0 Å². The van der Waals surface area contributed by atoms with Crippen LogP contribution < -0.4 is 4.90 Å². The molecule has 3 rings (SSSR count). The van der Waals surface area contributed by atoms with Gasteiger partial charge in [-0.25, -0.2) is 9.97 Å². The summed E-state index contributed by atoms with van der Waals surface area (Å²) in [4.78, 5) is 9.39. The third-order valence-corrected chi connectivity index (χ3v) is 4.17. The van der Waals surface area contributed by atoms with E-state index in [4.69, 9.17) is 0 Å². The smallest absolute Gasteiger partial charge is 0.336 e. The number of benzene rings is 1. The van der Waals surface area contributed by atoms with Gasteiger partial charge < -0.3 is 4.90 Å². The molecule has 1 aromatic carbocycles. The van der Waals surface area contributed by atoms with E-state index in [1.807, 2.05) is 30.3 Å². The van der Waals surface area contributed by atoms with Crippen LogP contribution in [-0.4, -0.2) is 22.6 Å². The fourth-order valence-electron chi connectivity index (χ4n) is 3.08. The molecule has 0 aliphatic carbocycles. The molecule has 0 radical (unpaired) electrons. The maximum atomic E-state index is 12.9. The summed E-state index contributed by atoms with van der Waals surface area (Å²) >= 11 is 0. The van der Waals surface area contributed by atoms with Crippen LogP contribution in [0, 0.1) is 11.3 Å². The highest BCUT2D eigenvalue weighted by atomic mass is 19.4. The Morgan fingerprint density at radius 1 is 1.21 bits per heavy atom. The molecule has 1 aliphatic heterocycles. The fraction of sp³-hybridized carbons (Fsp3) is 0.353. The molecule has 2 unspecified atom stereocenters. The van der Waals surface area contributed by atoms with Crippen LogP contribution >= 0.6 is 0 Å². The van der Waals surface area contributed by atoms with Gasteiger partial charge in [-0.3, -0.25) is 0 Å². The first kappa shape index (κ1) is 16.2. The third kappa shape index (κ3) is 3.18. The van der Waals surface area contributed by atoms with E-state index in [-0.39, 0.29) is 12.0 Å². The van der Waals surface area contributed by atoms with Crippen LogP contribution in [0.2, 0.25) is 0 Å². The topological polar surface area (TPSA) is 52.8 Å². The Morgan fingerprint density at radius 3 is 2.62 bits per heavy atom. The van der Waals surface area contributed by atoms with Crippen molar-refractivity contribution in [3.8, 4) is 6.07 Å². The second-order valence-corrected chi connectivity index (χ2v) is 5.66. The Kier molecular flexibility index (Phi) is 4.38. The van der Waals surface area contributed by atoms with Crippen molar-refractivity contribution in [1.29, 1.82) is 5.26 Å². The fourth-order valence-corrected chi connectivity index (χ4v) is 3.08. The van der Waals surface area contributed by atoms with E-state index in [2.05, 4.69) is 16.0 Å². The molecule has 1 saturated heterocycles. The van der Waals surface area contributed by atoms with Crippen LogP contribution in [0.5, 0.6) is 0 Å². The highest BCUT2D eigenvalue weighted by molar-refractivity contribution is 5.39.